The van der Waals surface area contributed by atoms with Gasteiger partial charge in [0.25, 0.3) is 0 Å². The highest BCUT2D eigenvalue weighted by molar-refractivity contribution is 7.91. The summed E-state index contributed by atoms with van der Waals surface area (Å²) in [6.45, 7) is 13.8. The molecule has 0 radical (unpaired) electrons. The fraction of sp³-hybridized carbons (Fsp3) is 0.600. The number of nitrogens with zero attached hydrogens (tertiary/aromatic N) is 2. The molecule has 0 atom stereocenters. The Morgan fingerprint density at radius 1 is 1.18 bits per heavy atom. The van der Waals surface area contributed by atoms with Crippen LogP contribution in [0.15, 0.2) is 28.7 Å². The van der Waals surface area contributed by atoms with Gasteiger partial charge in [-0.1, -0.05) is 33.8 Å². The Kier molecular flexibility index (Phi) is 10.6. The van der Waals surface area contributed by atoms with Gasteiger partial charge >= 0.3 is 0 Å². The zero-order valence-corrected chi connectivity index (χ0v) is 22.1. The molecule has 0 aliphatic carbocycles. The molecule has 1 aromatic carbocycles. The number of sulfone groups is 1. The molecule has 0 unspecified atom stereocenters. The maximum absolute atomic E-state index is 12.6. The van der Waals surface area contributed by atoms with E-state index < -0.39 is 21.5 Å². The Balaban J connectivity index is 1.88. The Hall–Kier alpha value is -2.39. The fourth-order valence-electron chi connectivity index (χ4n) is 3.77. The Morgan fingerprint density at radius 2 is 1.85 bits per heavy atom. The van der Waals surface area contributed by atoms with Gasteiger partial charge in [0, 0.05) is 25.2 Å². The summed E-state index contributed by atoms with van der Waals surface area (Å²) < 4.78 is 36.1. The number of carbonyl (C=O) groups is 1. The molecule has 1 aromatic heterocycles. The highest BCUT2D eigenvalue weighted by Gasteiger charge is 2.22. The van der Waals surface area contributed by atoms with Gasteiger partial charge in [-0.3, -0.25) is 4.79 Å². The third-order valence-electron chi connectivity index (χ3n) is 5.14. The number of aromatic nitrogens is 1. The average Bonchev–Trinajstić information content (AvgIpc) is 3.09. The molecule has 34 heavy (non-hydrogen) atoms. The molecule has 1 N–H and O–H groups in total. The largest absolute Gasteiger partial charge is 0.497 e. The molecule has 0 saturated heterocycles. The number of aryl methyl sites for hydroxylation is 1. The van der Waals surface area contributed by atoms with E-state index >= 15 is 0 Å². The minimum absolute atomic E-state index is 0.309. The minimum Gasteiger partial charge on any atom is -0.497 e. The number of hydrogen-bond acceptors (Lipinski definition) is 7. The van der Waals surface area contributed by atoms with E-state index in [1.54, 1.807) is 32.2 Å². The van der Waals surface area contributed by atoms with Gasteiger partial charge in [0.1, 0.15) is 17.3 Å². The minimum atomic E-state index is -3.69. The predicted molar refractivity (Wildman–Crippen MR) is 134 cm³/mol. The topological polar surface area (TPSA) is 102 Å². The lowest BCUT2D eigenvalue weighted by atomic mass is 10.1. The molecule has 1 amide bonds. The van der Waals surface area contributed by atoms with Crippen molar-refractivity contribution in [3.8, 4) is 17.2 Å². The zero-order chi connectivity index (χ0) is 25.3. The molecule has 2 aromatic rings. The van der Waals surface area contributed by atoms with E-state index in [4.69, 9.17) is 9.15 Å². The second-order valence-corrected chi connectivity index (χ2v) is 11.6. The lowest BCUT2D eigenvalue weighted by Gasteiger charge is -2.26. The molecule has 190 valence electrons. The molecular formula is C25H39N3O5S. The number of rotatable bonds is 14. The van der Waals surface area contributed by atoms with Crippen LogP contribution in [0.1, 0.15) is 45.6 Å². The van der Waals surface area contributed by atoms with E-state index in [-0.39, 0.29) is 5.75 Å². The van der Waals surface area contributed by atoms with Crippen molar-refractivity contribution in [1.29, 1.82) is 0 Å². The highest BCUT2D eigenvalue weighted by atomic mass is 32.2. The van der Waals surface area contributed by atoms with Gasteiger partial charge in [0.05, 0.1) is 18.6 Å². The number of nitrogens with one attached hydrogen (secondary N) is 1. The van der Waals surface area contributed by atoms with Crippen molar-refractivity contribution in [2.45, 2.75) is 46.8 Å². The summed E-state index contributed by atoms with van der Waals surface area (Å²) in [5.74, 6) is 1.11. The van der Waals surface area contributed by atoms with Crippen molar-refractivity contribution >= 4 is 15.7 Å². The quantitative estimate of drug-likeness (QED) is 0.401. The van der Waals surface area contributed by atoms with E-state index in [1.165, 1.54) is 0 Å². The summed E-state index contributed by atoms with van der Waals surface area (Å²) in [4.78, 5) is 19.0. The van der Waals surface area contributed by atoms with Gasteiger partial charge in [-0.05, 0) is 49.9 Å². The monoisotopic (exact) mass is 493 g/mol. The molecule has 0 fully saturated rings. The summed E-state index contributed by atoms with van der Waals surface area (Å²) in [6.07, 6.45) is 0.775. The highest BCUT2D eigenvalue weighted by Crippen LogP contribution is 2.26. The lowest BCUT2D eigenvalue weighted by molar-refractivity contribution is -0.118. The van der Waals surface area contributed by atoms with Crippen molar-refractivity contribution in [2.24, 2.45) is 11.8 Å². The molecule has 1 heterocycles. The Morgan fingerprint density at radius 3 is 2.47 bits per heavy atom. The van der Waals surface area contributed by atoms with Crippen LogP contribution < -0.4 is 10.1 Å². The molecule has 0 aliphatic rings. The van der Waals surface area contributed by atoms with Gasteiger partial charge in [-0.2, -0.15) is 0 Å². The predicted octanol–water partition coefficient (Wildman–Crippen LogP) is 3.69. The first-order valence-electron chi connectivity index (χ1n) is 11.8. The van der Waals surface area contributed by atoms with Crippen molar-refractivity contribution < 1.29 is 22.4 Å². The van der Waals surface area contributed by atoms with E-state index in [0.717, 1.165) is 26.1 Å². The standard InChI is InChI=1S/C25H39N3O5S/c1-18(2)14-28(15-19(3)4)12-8-11-26-24(29)17-34(30,31)16-23-20(5)33-25(27-23)21-9-7-10-22(13-21)32-6/h7,9-10,13,18-19H,8,11-12,14-17H2,1-6H3,(H,26,29). The maximum atomic E-state index is 12.6. The van der Waals surface area contributed by atoms with Gasteiger partial charge in [0.15, 0.2) is 9.84 Å². The average molecular weight is 494 g/mol. The van der Waals surface area contributed by atoms with Crippen LogP contribution in [0.25, 0.3) is 11.5 Å². The first kappa shape index (κ1) is 27.9. The molecule has 0 saturated carbocycles. The second-order valence-electron chi connectivity index (χ2n) is 9.54. The fourth-order valence-corrected chi connectivity index (χ4v) is 5.06. The third-order valence-corrected chi connectivity index (χ3v) is 6.55. The summed E-state index contributed by atoms with van der Waals surface area (Å²) in [5.41, 5.74) is 0.997. The lowest BCUT2D eigenvalue weighted by Crippen LogP contribution is -2.36. The summed E-state index contributed by atoms with van der Waals surface area (Å²) in [6, 6.07) is 7.18. The van der Waals surface area contributed by atoms with Crippen LogP contribution >= 0.6 is 0 Å². The SMILES string of the molecule is COc1cccc(-c2nc(CS(=O)(=O)CC(=O)NCCCN(CC(C)C)CC(C)C)c(C)o2)c1. The van der Waals surface area contributed by atoms with Crippen molar-refractivity contribution in [2.75, 3.05) is 39.0 Å². The molecule has 8 nitrogen and oxygen atoms in total. The number of amides is 1. The number of ether oxygens (including phenoxy) is 1. The van der Waals surface area contributed by atoms with Crippen LogP contribution in [0.5, 0.6) is 5.75 Å². The molecular weight excluding hydrogens is 454 g/mol. The van der Waals surface area contributed by atoms with Crippen LogP contribution in [0.2, 0.25) is 0 Å². The third kappa shape index (κ3) is 9.46. The summed E-state index contributed by atoms with van der Waals surface area (Å²) in [5, 5.41) is 2.74. The van der Waals surface area contributed by atoms with E-state index in [2.05, 4.69) is 42.9 Å². The van der Waals surface area contributed by atoms with Gasteiger partial charge in [0.2, 0.25) is 11.8 Å². The van der Waals surface area contributed by atoms with E-state index in [9.17, 15) is 13.2 Å². The van der Waals surface area contributed by atoms with Crippen molar-refractivity contribution in [3.05, 3.63) is 35.7 Å². The Bertz CT molecular complexity index is 1020. The van der Waals surface area contributed by atoms with Crippen LogP contribution in [0, 0.1) is 18.8 Å². The summed E-state index contributed by atoms with van der Waals surface area (Å²) >= 11 is 0. The summed E-state index contributed by atoms with van der Waals surface area (Å²) in [7, 11) is -2.13. The maximum Gasteiger partial charge on any atom is 0.235 e. The molecule has 0 spiro atoms. The normalized spacial score (nSPS) is 12.0. The van der Waals surface area contributed by atoms with Gasteiger partial charge < -0.3 is 19.4 Å². The van der Waals surface area contributed by atoms with E-state index in [1.807, 2.05) is 6.07 Å². The first-order valence-corrected chi connectivity index (χ1v) is 13.6. The molecule has 9 heteroatoms. The van der Waals surface area contributed by atoms with Gasteiger partial charge in [-0.25, -0.2) is 13.4 Å². The van der Waals surface area contributed by atoms with Crippen LogP contribution in [0.4, 0.5) is 0 Å². The number of oxazole rings is 1. The number of benzene rings is 1. The molecule has 0 aliphatic heterocycles. The van der Waals surface area contributed by atoms with Crippen molar-refractivity contribution in [3.63, 3.8) is 0 Å². The van der Waals surface area contributed by atoms with Crippen LogP contribution in [0.3, 0.4) is 0 Å². The molecule has 2 rings (SSSR count). The zero-order valence-electron chi connectivity index (χ0n) is 21.3. The van der Waals surface area contributed by atoms with Gasteiger partial charge in [-0.15, -0.1) is 0 Å². The first-order chi connectivity index (χ1) is 16.0. The van der Waals surface area contributed by atoms with Crippen LogP contribution in [-0.4, -0.2) is 63.3 Å². The molecule has 0 bridgehead atoms. The van der Waals surface area contributed by atoms with Crippen molar-refractivity contribution in [1.82, 2.24) is 15.2 Å². The van der Waals surface area contributed by atoms with E-state index in [0.29, 0.717) is 47.0 Å². The van der Waals surface area contributed by atoms with Crippen LogP contribution in [-0.2, 0) is 20.4 Å². The smallest absolute Gasteiger partial charge is 0.235 e. The number of methoxy groups -OCH3 is 1. The second kappa shape index (κ2) is 12.9. The number of hydrogen-bond donors (Lipinski definition) is 1. The number of carbonyl (C=O) groups excluding carboxylic acids is 1. The Labute approximate surface area is 204 Å².